The van der Waals surface area contributed by atoms with Crippen molar-refractivity contribution >= 4 is 22.1 Å². The maximum absolute atomic E-state index is 13.7. The van der Waals surface area contributed by atoms with Crippen LogP contribution in [0.4, 0.5) is 4.39 Å². The summed E-state index contributed by atoms with van der Waals surface area (Å²) in [5, 5.41) is 9.21. The molecule has 0 fully saturated rings. The third kappa shape index (κ3) is 5.08. The molecule has 3 nitrogen and oxygen atoms in total. The average Bonchev–Trinajstić information content (AvgIpc) is 3.03. The molecule has 0 saturated carbocycles. The molecule has 0 unspecified atom stereocenters. The van der Waals surface area contributed by atoms with Crippen LogP contribution in [0.25, 0.3) is 5.69 Å². The predicted molar refractivity (Wildman–Crippen MR) is 111 cm³/mol. The van der Waals surface area contributed by atoms with E-state index in [9.17, 15) is 4.39 Å². The predicted octanol–water partition coefficient (Wildman–Crippen LogP) is 5.77. The first-order valence-corrected chi connectivity index (χ1v) is 17.7. The zero-order chi connectivity index (χ0) is 19.0. The Morgan fingerprint density at radius 2 is 1.54 bits per heavy atom. The van der Waals surface area contributed by atoms with Gasteiger partial charge in [-0.05, 0) is 0 Å². The summed E-state index contributed by atoms with van der Waals surface area (Å²) < 4.78 is 21.0. The van der Waals surface area contributed by atoms with Gasteiger partial charge in [-0.15, -0.1) is 0 Å². The Labute approximate surface area is 162 Å². The van der Waals surface area contributed by atoms with Crippen molar-refractivity contribution in [3.05, 3.63) is 35.8 Å². The normalized spacial score (nSPS) is 11.9. The second-order valence-corrected chi connectivity index (χ2v) is 20.4. The van der Waals surface area contributed by atoms with Crippen LogP contribution in [0.1, 0.15) is 65.0 Å². The van der Waals surface area contributed by atoms with Crippen molar-refractivity contribution in [2.75, 3.05) is 0 Å². The molecule has 2 aromatic rings. The number of hydrogen-bond donors (Lipinski definition) is 0. The van der Waals surface area contributed by atoms with Gasteiger partial charge in [-0.2, -0.15) is 0 Å². The fraction of sp³-hybridized carbons (Fsp3) is 0.619. The molecule has 0 saturated heterocycles. The van der Waals surface area contributed by atoms with Crippen LogP contribution in [0.5, 0.6) is 0 Å². The number of halogens is 1. The number of nitrogens with zero attached hydrogens (tertiary/aromatic N) is 3. The summed E-state index contributed by atoms with van der Waals surface area (Å²) in [5.74, 6) is -0.225. The summed E-state index contributed by atoms with van der Waals surface area (Å²) in [5.41, 5.74) is 1.93. The second-order valence-electron chi connectivity index (χ2n) is 7.51. The molecular weight excluding hydrogens is 432 g/mol. The van der Waals surface area contributed by atoms with Crippen molar-refractivity contribution in [1.29, 1.82) is 0 Å². The van der Waals surface area contributed by atoms with Crippen LogP contribution < -0.4 is 3.71 Å². The minimum atomic E-state index is -2.61. The van der Waals surface area contributed by atoms with Crippen molar-refractivity contribution in [2.24, 2.45) is 0 Å². The number of unbranched alkanes of at least 4 members (excludes halogenated alkanes) is 3. The number of hydrogen-bond acceptors (Lipinski definition) is 2. The van der Waals surface area contributed by atoms with Gasteiger partial charge < -0.3 is 0 Å². The quantitative estimate of drug-likeness (QED) is 0.394. The minimum absolute atomic E-state index is 0.225. The molecule has 2 rings (SSSR count). The molecule has 0 atom stereocenters. The maximum atomic E-state index is 13.7. The molecule has 5 heteroatoms. The molecular formula is C21H34FN3Sn. The molecule has 0 amide bonds. The van der Waals surface area contributed by atoms with Gasteiger partial charge in [0.1, 0.15) is 0 Å². The fourth-order valence-electron chi connectivity index (χ4n) is 3.95. The molecule has 1 aromatic heterocycles. The summed E-state index contributed by atoms with van der Waals surface area (Å²) in [6.07, 6.45) is 7.64. The fourth-order valence-corrected chi connectivity index (χ4v) is 20.2. The Morgan fingerprint density at radius 3 is 2.04 bits per heavy atom. The number of benzene rings is 1. The Balaban J connectivity index is 2.45. The van der Waals surface area contributed by atoms with Gasteiger partial charge in [-0.3, -0.25) is 0 Å². The van der Waals surface area contributed by atoms with Crippen LogP contribution in [0.15, 0.2) is 24.3 Å². The van der Waals surface area contributed by atoms with E-state index in [2.05, 4.69) is 32.9 Å². The third-order valence-electron chi connectivity index (χ3n) is 5.48. The summed E-state index contributed by atoms with van der Waals surface area (Å²) in [6.45, 7) is 8.99. The van der Waals surface area contributed by atoms with E-state index in [4.69, 9.17) is 5.10 Å². The van der Waals surface area contributed by atoms with Crippen LogP contribution in [0.3, 0.4) is 0 Å². The Hall–Kier alpha value is -0.911. The molecule has 144 valence electrons. The van der Waals surface area contributed by atoms with Crippen LogP contribution in [-0.2, 0) is 0 Å². The van der Waals surface area contributed by atoms with E-state index in [1.807, 2.05) is 10.7 Å². The summed E-state index contributed by atoms with van der Waals surface area (Å²) in [6, 6.07) is 6.68. The number of rotatable bonds is 11. The van der Waals surface area contributed by atoms with Crippen LogP contribution in [0, 0.1) is 12.7 Å². The van der Waals surface area contributed by atoms with Gasteiger partial charge in [0, 0.05) is 0 Å². The molecule has 0 N–H and O–H groups in total. The van der Waals surface area contributed by atoms with E-state index in [0.717, 1.165) is 11.4 Å². The molecule has 0 aliphatic carbocycles. The van der Waals surface area contributed by atoms with Gasteiger partial charge in [0.15, 0.2) is 0 Å². The van der Waals surface area contributed by atoms with Crippen molar-refractivity contribution in [1.82, 2.24) is 15.0 Å². The van der Waals surface area contributed by atoms with Crippen LogP contribution in [0.2, 0.25) is 13.3 Å². The average molecular weight is 466 g/mol. The topological polar surface area (TPSA) is 30.7 Å². The first-order chi connectivity index (χ1) is 12.6. The summed E-state index contributed by atoms with van der Waals surface area (Å²) in [7, 11) is 0. The standard InChI is InChI=1S/C9H7FN3.3C4H9.Sn/c1-7-6-11-12-13(7)9-4-2-3-8(10)5-9;3*1-3-4-2;/h2-5H,1H3;3*1,3-4H2,2H3;. The van der Waals surface area contributed by atoms with E-state index in [1.165, 1.54) is 61.6 Å². The van der Waals surface area contributed by atoms with E-state index in [-0.39, 0.29) is 5.82 Å². The summed E-state index contributed by atoms with van der Waals surface area (Å²) in [4.78, 5) is 0. The van der Waals surface area contributed by atoms with Crippen LogP contribution in [-0.4, -0.2) is 33.4 Å². The first kappa shape index (κ1) is 21.4. The summed E-state index contributed by atoms with van der Waals surface area (Å²) >= 11 is -2.61. The van der Waals surface area contributed by atoms with Gasteiger partial charge in [0.05, 0.1) is 0 Å². The monoisotopic (exact) mass is 467 g/mol. The zero-order valence-electron chi connectivity index (χ0n) is 16.9. The number of aromatic nitrogens is 3. The van der Waals surface area contributed by atoms with Gasteiger partial charge >= 0.3 is 162 Å². The van der Waals surface area contributed by atoms with E-state index < -0.39 is 18.4 Å². The molecule has 26 heavy (non-hydrogen) atoms. The van der Waals surface area contributed by atoms with Crippen molar-refractivity contribution < 1.29 is 4.39 Å². The Kier molecular flexibility index (Phi) is 8.58. The third-order valence-corrected chi connectivity index (χ3v) is 20.9. The van der Waals surface area contributed by atoms with E-state index in [1.54, 1.807) is 12.1 Å². The molecule has 0 bridgehead atoms. The SMILES string of the molecule is CCC[CH2][Sn]([CH2]CCC)([CH2]CCC)[c]1nnn(-c2cccc(F)c2)c1C. The van der Waals surface area contributed by atoms with Crippen molar-refractivity contribution in [2.45, 2.75) is 79.5 Å². The van der Waals surface area contributed by atoms with Gasteiger partial charge in [-0.1, -0.05) is 0 Å². The zero-order valence-corrected chi connectivity index (χ0v) is 19.7. The molecule has 0 spiro atoms. The van der Waals surface area contributed by atoms with Gasteiger partial charge in [-0.25, -0.2) is 0 Å². The molecule has 0 aliphatic rings. The Morgan fingerprint density at radius 1 is 0.962 bits per heavy atom. The van der Waals surface area contributed by atoms with Gasteiger partial charge in [0.25, 0.3) is 0 Å². The molecule has 0 aliphatic heterocycles. The van der Waals surface area contributed by atoms with Crippen LogP contribution >= 0.6 is 0 Å². The molecule has 1 aromatic carbocycles. The van der Waals surface area contributed by atoms with E-state index >= 15 is 0 Å². The second kappa shape index (κ2) is 10.4. The first-order valence-electron chi connectivity index (χ1n) is 10.3. The van der Waals surface area contributed by atoms with Gasteiger partial charge in [0.2, 0.25) is 0 Å². The molecule has 1 heterocycles. The van der Waals surface area contributed by atoms with Crippen molar-refractivity contribution in [3.8, 4) is 5.69 Å². The Bertz CT molecular complexity index is 662. The van der Waals surface area contributed by atoms with E-state index in [0.29, 0.717) is 0 Å². The molecule has 0 radical (unpaired) electrons. The van der Waals surface area contributed by atoms with Crippen molar-refractivity contribution in [3.63, 3.8) is 0 Å².